The lowest BCUT2D eigenvalue weighted by atomic mass is 9.95. The van der Waals surface area contributed by atoms with Gasteiger partial charge < -0.3 is 10.5 Å². The third-order valence-electron chi connectivity index (χ3n) is 2.81. The molecule has 0 amide bonds. The van der Waals surface area contributed by atoms with Gasteiger partial charge in [0.2, 0.25) is 0 Å². The minimum absolute atomic E-state index is 0.0150. The second kappa shape index (κ2) is 3.71. The van der Waals surface area contributed by atoms with Crippen LogP contribution >= 0.6 is 0 Å². The lowest BCUT2D eigenvalue weighted by Gasteiger charge is -2.14. The molecule has 1 fully saturated rings. The molecule has 0 bridgehead atoms. The van der Waals surface area contributed by atoms with E-state index in [9.17, 15) is 0 Å². The fraction of sp³-hybridized carbons (Fsp3) is 0.700. The van der Waals surface area contributed by atoms with Gasteiger partial charge in [-0.15, -0.1) is 0 Å². The summed E-state index contributed by atoms with van der Waals surface area (Å²) < 4.78 is 7.29. The Morgan fingerprint density at radius 3 is 3.00 bits per heavy atom. The van der Waals surface area contributed by atoms with Crippen LogP contribution in [0.15, 0.2) is 12.3 Å². The van der Waals surface area contributed by atoms with Gasteiger partial charge in [-0.05, 0) is 19.4 Å². The van der Waals surface area contributed by atoms with Crippen molar-refractivity contribution < 1.29 is 4.74 Å². The van der Waals surface area contributed by atoms with Crippen LogP contribution in [0.1, 0.15) is 25.1 Å². The van der Waals surface area contributed by atoms with Crippen molar-refractivity contribution in [2.75, 3.05) is 6.61 Å². The van der Waals surface area contributed by atoms with Crippen LogP contribution in [0.25, 0.3) is 0 Å². The fourth-order valence-electron chi connectivity index (χ4n) is 1.95. The summed E-state index contributed by atoms with van der Waals surface area (Å²) in [5, 5.41) is 4.32. The molecule has 0 spiro atoms. The Hall–Kier alpha value is -0.870. The Morgan fingerprint density at radius 2 is 2.50 bits per heavy atom. The summed E-state index contributed by atoms with van der Waals surface area (Å²) in [5.41, 5.74) is 7.09. The SMILES string of the molecule is CC1CC(C(N)c2ccn(C)n2)CO1. The first-order valence-corrected chi connectivity index (χ1v) is 5.03. The van der Waals surface area contributed by atoms with E-state index in [0.29, 0.717) is 12.0 Å². The Kier molecular flexibility index (Phi) is 2.56. The number of nitrogens with two attached hydrogens (primary N) is 1. The molecule has 78 valence electrons. The number of aryl methyl sites for hydroxylation is 1. The standard InChI is InChI=1S/C10H17N3O/c1-7-5-8(6-14-7)10(11)9-3-4-13(2)12-9/h3-4,7-8,10H,5-6,11H2,1-2H3. The van der Waals surface area contributed by atoms with Crippen LogP contribution in [0.4, 0.5) is 0 Å². The summed E-state index contributed by atoms with van der Waals surface area (Å²) in [7, 11) is 1.91. The first kappa shape index (κ1) is 9.68. The van der Waals surface area contributed by atoms with Crippen LogP contribution in [0.3, 0.4) is 0 Å². The molecule has 0 aromatic carbocycles. The largest absolute Gasteiger partial charge is 0.378 e. The van der Waals surface area contributed by atoms with E-state index in [-0.39, 0.29) is 6.04 Å². The molecule has 1 aliphatic heterocycles. The second-order valence-corrected chi connectivity index (χ2v) is 4.08. The van der Waals surface area contributed by atoms with Gasteiger partial charge in [0.15, 0.2) is 0 Å². The number of rotatable bonds is 2. The van der Waals surface area contributed by atoms with Gasteiger partial charge in [-0.3, -0.25) is 4.68 Å². The Labute approximate surface area is 84.0 Å². The van der Waals surface area contributed by atoms with E-state index in [1.54, 1.807) is 4.68 Å². The number of hydrogen-bond acceptors (Lipinski definition) is 3. The molecule has 3 unspecified atom stereocenters. The van der Waals surface area contributed by atoms with E-state index in [4.69, 9.17) is 10.5 Å². The lowest BCUT2D eigenvalue weighted by Crippen LogP contribution is -2.22. The Balaban J connectivity index is 2.05. The molecule has 4 nitrogen and oxygen atoms in total. The molecule has 0 aliphatic carbocycles. The quantitative estimate of drug-likeness (QED) is 0.761. The first-order valence-electron chi connectivity index (χ1n) is 5.03. The number of hydrogen-bond donors (Lipinski definition) is 1. The molecular weight excluding hydrogens is 178 g/mol. The highest BCUT2D eigenvalue weighted by atomic mass is 16.5. The predicted molar refractivity (Wildman–Crippen MR) is 53.7 cm³/mol. The maximum absolute atomic E-state index is 6.12. The zero-order valence-corrected chi connectivity index (χ0v) is 8.68. The molecular formula is C10H17N3O. The van der Waals surface area contributed by atoms with Gasteiger partial charge in [0.05, 0.1) is 24.4 Å². The first-order chi connectivity index (χ1) is 6.66. The average Bonchev–Trinajstić information content (AvgIpc) is 2.73. The number of nitrogens with zero attached hydrogens (tertiary/aromatic N) is 2. The monoisotopic (exact) mass is 195 g/mol. The van der Waals surface area contributed by atoms with Crippen LogP contribution in [0.2, 0.25) is 0 Å². The molecule has 0 saturated carbocycles. The van der Waals surface area contributed by atoms with Crippen LogP contribution in [-0.2, 0) is 11.8 Å². The van der Waals surface area contributed by atoms with Crippen LogP contribution in [0.5, 0.6) is 0 Å². The summed E-state index contributed by atoms with van der Waals surface area (Å²) in [6.45, 7) is 2.85. The Bertz CT molecular complexity index is 310. The van der Waals surface area contributed by atoms with Gasteiger partial charge in [0, 0.05) is 19.2 Å². The van der Waals surface area contributed by atoms with Crippen molar-refractivity contribution in [1.29, 1.82) is 0 Å². The van der Waals surface area contributed by atoms with Crippen molar-refractivity contribution in [3.05, 3.63) is 18.0 Å². The summed E-state index contributed by atoms with van der Waals surface area (Å²) in [4.78, 5) is 0. The molecule has 1 saturated heterocycles. The molecule has 2 N–H and O–H groups in total. The molecule has 4 heteroatoms. The third-order valence-corrected chi connectivity index (χ3v) is 2.81. The van der Waals surface area contributed by atoms with Crippen molar-refractivity contribution in [2.24, 2.45) is 18.7 Å². The zero-order chi connectivity index (χ0) is 10.1. The highest BCUT2D eigenvalue weighted by Crippen LogP contribution is 2.28. The van der Waals surface area contributed by atoms with Crippen LogP contribution in [-0.4, -0.2) is 22.5 Å². The normalized spacial score (nSPS) is 29.4. The van der Waals surface area contributed by atoms with Gasteiger partial charge in [0.1, 0.15) is 0 Å². The Morgan fingerprint density at radius 1 is 1.71 bits per heavy atom. The summed E-state index contributed by atoms with van der Waals surface area (Å²) in [5.74, 6) is 0.417. The third kappa shape index (κ3) is 1.81. The second-order valence-electron chi connectivity index (χ2n) is 4.08. The van der Waals surface area contributed by atoms with Gasteiger partial charge in [0.25, 0.3) is 0 Å². The van der Waals surface area contributed by atoms with Gasteiger partial charge in [-0.2, -0.15) is 5.10 Å². The molecule has 14 heavy (non-hydrogen) atoms. The predicted octanol–water partition coefficient (Wildman–Crippen LogP) is 0.845. The highest BCUT2D eigenvalue weighted by Gasteiger charge is 2.29. The lowest BCUT2D eigenvalue weighted by molar-refractivity contribution is 0.118. The van der Waals surface area contributed by atoms with Crippen molar-refractivity contribution in [1.82, 2.24) is 9.78 Å². The topological polar surface area (TPSA) is 53.1 Å². The number of aromatic nitrogens is 2. The summed E-state index contributed by atoms with van der Waals surface area (Å²) in [6, 6.07) is 1.99. The average molecular weight is 195 g/mol. The molecule has 3 atom stereocenters. The minimum atomic E-state index is 0.0150. The van der Waals surface area contributed by atoms with E-state index in [1.165, 1.54) is 0 Å². The van der Waals surface area contributed by atoms with Gasteiger partial charge in [-0.25, -0.2) is 0 Å². The molecule has 1 aliphatic rings. The maximum Gasteiger partial charge on any atom is 0.0795 e. The molecule has 2 rings (SSSR count). The number of ether oxygens (including phenoxy) is 1. The van der Waals surface area contributed by atoms with Crippen molar-refractivity contribution in [3.63, 3.8) is 0 Å². The minimum Gasteiger partial charge on any atom is -0.378 e. The van der Waals surface area contributed by atoms with Gasteiger partial charge in [-0.1, -0.05) is 0 Å². The van der Waals surface area contributed by atoms with Crippen LogP contribution < -0.4 is 5.73 Å². The smallest absolute Gasteiger partial charge is 0.0795 e. The molecule has 1 aromatic rings. The highest BCUT2D eigenvalue weighted by molar-refractivity contribution is 5.06. The van der Waals surface area contributed by atoms with E-state index >= 15 is 0 Å². The summed E-state index contributed by atoms with van der Waals surface area (Å²) in [6.07, 6.45) is 3.31. The van der Waals surface area contributed by atoms with Crippen molar-refractivity contribution in [2.45, 2.75) is 25.5 Å². The molecule has 2 heterocycles. The molecule has 0 radical (unpaired) electrons. The van der Waals surface area contributed by atoms with Crippen LogP contribution in [0, 0.1) is 5.92 Å². The zero-order valence-electron chi connectivity index (χ0n) is 8.68. The van der Waals surface area contributed by atoms with Gasteiger partial charge >= 0.3 is 0 Å². The summed E-state index contributed by atoms with van der Waals surface area (Å²) >= 11 is 0. The van der Waals surface area contributed by atoms with E-state index in [2.05, 4.69) is 12.0 Å². The van der Waals surface area contributed by atoms with E-state index < -0.39 is 0 Å². The van der Waals surface area contributed by atoms with Crippen molar-refractivity contribution >= 4 is 0 Å². The molecule has 1 aromatic heterocycles. The fourth-order valence-corrected chi connectivity index (χ4v) is 1.95. The van der Waals surface area contributed by atoms with E-state index in [1.807, 2.05) is 19.3 Å². The van der Waals surface area contributed by atoms with E-state index in [0.717, 1.165) is 18.7 Å². The van der Waals surface area contributed by atoms with Crippen molar-refractivity contribution in [3.8, 4) is 0 Å². The maximum atomic E-state index is 6.12.